The topological polar surface area (TPSA) is 138 Å². The number of nitrogens with zero attached hydrogens (tertiary/aromatic N) is 4. The van der Waals surface area contributed by atoms with E-state index in [1.165, 1.54) is 6.20 Å². The molecule has 3 aromatic rings. The minimum absolute atomic E-state index is 0.104. The molecule has 0 aliphatic heterocycles. The molecule has 3 N–H and O–H groups in total. The summed E-state index contributed by atoms with van der Waals surface area (Å²) in [5.41, 5.74) is 1.59. The van der Waals surface area contributed by atoms with Gasteiger partial charge in [-0.15, -0.1) is 0 Å². The van der Waals surface area contributed by atoms with Crippen LogP contribution in [0, 0.1) is 11.3 Å². The highest BCUT2D eigenvalue weighted by atomic mass is 35.5. The lowest BCUT2D eigenvalue weighted by molar-refractivity contribution is 0.0522. The van der Waals surface area contributed by atoms with Crippen LogP contribution in [-0.2, 0) is 17.8 Å². The second-order valence-corrected chi connectivity index (χ2v) is 9.11. The Morgan fingerprint density at radius 2 is 2.09 bits per heavy atom. The number of rotatable bonds is 7. The molecule has 0 saturated heterocycles. The summed E-state index contributed by atoms with van der Waals surface area (Å²) in [7, 11) is 0. The fourth-order valence-corrected chi connectivity index (χ4v) is 3.27. The number of carbonyl (C=O) groups excluding carboxylic acids is 2. The van der Waals surface area contributed by atoms with Gasteiger partial charge in [0.15, 0.2) is 0 Å². The van der Waals surface area contributed by atoms with Gasteiger partial charge in [-0.25, -0.2) is 9.78 Å². The zero-order valence-electron chi connectivity index (χ0n) is 19.3. The van der Waals surface area contributed by atoms with Gasteiger partial charge in [0, 0.05) is 17.8 Å². The molecular weight excluding hydrogens is 458 g/mol. The lowest BCUT2D eigenvalue weighted by Crippen LogP contribution is -2.36. The fraction of sp³-hybridized carbons (Fsp3) is 0.348. The van der Waals surface area contributed by atoms with Gasteiger partial charge in [-0.3, -0.25) is 9.48 Å². The Labute approximate surface area is 202 Å². The van der Waals surface area contributed by atoms with E-state index in [2.05, 4.69) is 25.7 Å². The molecular formula is C23H26ClN7O3. The van der Waals surface area contributed by atoms with Crippen molar-refractivity contribution in [3.05, 3.63) is 58.8 Å². The third-order valence-corrected chi connectivity index (χ3v) is 4.85. The maximum atomic E-state index is 12.5. The van der Waals surface area contributed by atoms with Crippen molar-refractivity contribution in [3.63, 3.8) is 0 Å². The minimum Gasteiger partial charge on any atom is -0.444 e. The Kier molecular flexibility index (Phi) is 7.58. The molecule has 2 amide bonds. The van der Waals surface area contributed by atoms with Crippen LogP contribution < -0.4 is 10.6 Å². The van der Waals surface area contributed by atoms with Crippen molar-refractivity contribution in [2.45, 2.75) is 52.4 Å². The van der Waals surface area contributed by atoms with Crippen LogP contribution in [0.2, 0.25) is 5.02 Å². The Hall–Kier alpha value is -3.84. The summed E-state index contributed by atoms with van der Waals surface area (Å²) in [6.45, 7) is 7.73. The van der Waals surface area contributed by atoms with Gasteiger partial charge in [0.05, 0.1) is 35.6 Å². The number of nitrogens with one attached hydrogen (secondary N) is 3. The largest absolute Gasteiger partial charge is 0.444 e. The van der Waals surface area contributed by atoms with Crippen molar-refractivity contribution < 1.29 is 14.3 Å². The molecule has 0 unspecified atom stereocenters. The fourth-order valence-electron chi connectivity index (χ4n) is 3.05. The second-order valence-electron chi connectivity index (χ2n) is 8.70. The number of imidazole rings is 1. The number of nitriles is 1. The molecule has 2 aromatic heterocycles. The van der Waals surface area contributed by atoms with E-state index in [9.17, 15) is 9.59 Å². The molecule has 0 spiro atoms. The van der Waals surface area contributed by atoms with Gasteiger partial charge in [-0.2, -0.15) is 10.4 Å². The summed E-state index contributed by atoms with van der Waals surface area (Å²) in [5.74, 6) is 0.108. The molecule has 1 atom stereocenters. The molecule has 0 saturated carbocycles. The van der Waals surface area contributed by atoms with Crippen molar-refractivity contribution in [2.75, 3.05) is 0 Å². The molecule has 34 heavy (non-hydrogen) atoms. The van der Waals surface area contributed by atoms with Crippen molar-refractivity contribution in [3.8, 4) is 17.3 Å². The molecule has 178 valence electrons. The Morgan fingerprint density at radius 3 is 2.76 bits per heavy atom. The van der Waals surface area contributed by atoms with E-state index in [-0.39, 0.29) is 24.2 Å². The average Bonchev–Trinajstić information content (AvgIpc) is 3.40. The summed E-state index contributed by atoms with van der Waals surface area (Å²) in [5, 5.41) is 19.4. The molecule has 11 heteroatoms. The third-order valence-electron chi connectivity index (χ3n) is 4.54. The zero-order chi connectivity index (χ0) is 24.9. The van der Waals surface area contributed by atoms with Gasteiger partial charge in [-0.1, -0.05) is 17.7 Å². The van der Waals surface area contributed by atoms with Crippen molar-refractivity contribution >= 4 is 23.6 Å². The SMILES string of the molecule is C[C@H](Cn1ccc(-c2ccc(C#N)c(Cl)c2)n1)NC(=O)c1cnc(CNC(=O)OC(C)(C)C)[nH]1. The molecule has 3 rings (SSSR count). The van der Waals surface area contributed by atoms with Crippen LogP contribution in [-0.4, -0.2) is 43.4 Å². The third kappa shape index (κ3) is 6.83. The van der Waals surface area contributed by atoms with Gasteiger partial charge in [-0.05, 0) is 45.9 Å². The maximum Gasteiger partial charge on any atom is 0.408 e. The van der Waals surface area contributed by atoms with Crippen LogP contribution in [0.4, 0.5) is 4.79 Å². The van der Waals surface area contributed by atoms with Gasteiger partial charge in [0.1, 0.15) is 23.2 Å². The van der Waals surface area contributed by atoms with Gasteiger partial charge in [0.25, 0.3) is 5.91 Å². The summed E-state index contributed by atoms with van der Waals surface area (Å²) in [6, 6.07) is 8.78. The molecule has 0 fully saturated rings. The smallest absolute Gasteiger partial charge is 0.408 e. The molecule has 2 heterocycles. The van der Waals surface area contributed by atoms with Crippen LogP contribution in [0.25, 0.3) is 11.3 Å². The highest BCUT2D eigenvalue weighted by Crippen LogP contribution is 2.24. The highest BCUT2D eigenvalue weighted by Gasteiger charge is 2.17. The van der Waals surface area contributed by atoms with Crippen LogP contribution in [0.5, 0.6) is 0 Å². The Balaban J connectivity index is 1.52. The van der Waals surface area contributed by atoms with E-state index in [0.717, 1.165) is 5.56 Å². The molecule has 1 aromatic carbocycles. The van der Waals surface area contributed by atoms with Crippen LogP contribution in [0.1, 0.15) is 49.6 Å². The van der Waals surface area contributed by atoms with E-state index in [1.807, 2.05) is 19.1 Å². The number of ether oxygens (including phenoxy) is 1. The normalized spacial score (nSPS) is 12.0. The first-order chi connectivity index (χ1) is 16.0. The van der Waals surface area contributed by atoms with E-state index in [1.54, 1.807) is 49.8 Å². The monoisotopic (exact) mass is 483 g/mol. The first-order valence-corrected chi connectivity index (χ1v) is 11.0. The summed E-state index contributed by atoms with van der Waals surface area (Å²) in [6.07, 6.45) is 2.65. The quantitative estimate of drug-likeness (QED) is 0.469. The number of amides is 2. The van der Waals surface area contributed by atoms with E-state index >= 15 is 0 Å². The maximum absolute atomic E-state index is 12.5. The number of hydrogen-bond donors (Lipinski definition) is 3. The minimum atomic E-state index is -0.598. The Bertz CT molecular complexity index is 1220. The first-order valence-electron chi connectivity index (χ1n) is 10.6. The number of carbonyl (C=O) groups is 2. The molecule has 0 aliphatic rings. The Morgan fingerprint density at radius 1 is 1.32 bits per heavy atom. The van der Waals surface area contributed by atoms with Gasteiger partial charge < -0.3 is 20.4 Å². The lowest BCUT2D eigenvalue weighted by Gasteiger charge is -2.19. The first kappa shape index (κ1) is 24.8. The number of hydrogen-bond acceptors (Lipinski definition) is 6. The number of aromatic amines is 1. The number of aromatic nitrogens is 4. The van der Waals surface area contributed by atoms with Crippen molar-refractivity contribution in [2.24, 2.45) is 0 Å². The molecule has 0 radical (unpaired) electrons. The summed E-state index contributed by atoms with van der Waals surface area (Å²) in [4.78, 5) is 31.3. The second kappa shape index (κ2) is 10.4. The number of H-pyrrole nitrogens is 1. The number of alkyl carbamates (subject to hydrolysis) is 1. The van der Waals surface area contributed by atoms with Crippen molar-refractivity contribution in [1.82, 2.24) is 30.4 Å². The predicted molar refractivity (Wildman–Crippen MR) is 126 cm³/mol. The molecule has 0 bridgehead atoms. The van der Waals surface area contributed by atoms with E-state index in [4.69, 9.17) is 21.6 Å². The number of benzene rings is 1. The molecule has 10 nitrogen and oxygen atoms in total. The van der Waals surface area contributed by atoms with Gasteiger partial charge >= 0.3 is 6.09 Å². The summed E-state index contributed by atoms with van der Waals surface area (Å²) < 4.78 is 6.89. The van der Waals surface area contributed by atoms with Crippen LogP contribution in [0.15, 0.2) is 36.7 Å². The molecule has 0 aliphatic carbocycles. The standard InChI is InChI=1S/C23H26ClN7O3/c1-14(13-31-8-7-18(30-31)15-5-6-16(10-25)17(24)9-15)28-21(32)19-11-26-20(29-19)12-27-22(33)34-23(2,3)4/h5-9,11,14H,12-13H2,1-4H3,(H,26,29)(H,27,33)(H,28,32)/t14-/m1/s1. The van der Waals surface area contributed by atoms with E-state index < -0.39 is 11.7 Å². The van der Waals surface area contributed by atoms with E-state index in [0.29, 0.717) is 28.6 Å². The van der Waals surface area contributed by atoms with Gasteiger partial charge in [0.2, 0.25) is 0 Å². The number of halogens is 1. The summed E-state index contributed by atoms with van der Waals surface area (Å²) >= 11 is 6.11. The predicted octanol–water partition coefficient (Wildman–Crippen LogP) is 3.64. The highest BCUT2D eigenvalue weighted by molar-refractivity contribution is 6.32. The average molecular weight is 484 g/mol. The van der Waals surface area contributed by atoms with Crippen molar-refractivity contribution in [1.29, 1.82) is 5.26 Å². The zero-order valence-corrected chi connectivity index (χ0v) is 20.1. The lowest BCUT2D eigenvalue weighted by atomic mass is 10.1. The van der Waals surface area contributed by atoms with Crippen LogP contribution in [0.3, 0.4) is 0 Å². The van der Waals surface area contributed by atoms with Crippen LogP contribution >= 0.6 is 11.6 Å².